The molecule has 56 heavy (non-hydrogen) atoms. The average molecular weight is 935 g/mol. The van der Waals surface area contributed by atoms with Crippen LogP contribution in [-0.2, 0) is 40.7 Å². The molecule has 0 aliphatic carbocycles. The van der Waals surface area contributed by atoms with Crippen LogP contribution in [0, 0.1) is 5.53 Å². The molecule has 3 aromatic rings. The summed E-state index contributed by atoms with van der Waals surface area (Å²) >= 11 is 8.04. The molecule has 3 aromatic heterocycles. The van der Waals surface area contributed by atoms with Crippen molar-refractivity contribution in [1.29, 1.82) is 5.53 Å². The van der Waals surface area contributed by atoms with Crippen molar-refractivity contribution in [1.82, 2.24) is 15.0 Å². The Morgan fingerprint density at radius 1 is 0.804 bits per heavy atom. The molecule has 300 valence electrons. The molecule has 0 amide bonds. The van der Waals surface area contributed by atoms with E-state index in [-0.39, 0.29) is 110 Å². The molecule has 9 N–H and O–H groups in total. The minimum Gasteiger partial charge on any atom is -0.855 e. The van der Waals surface area contributed by atoms with Crippen molar-refractivity contribution in [3.8, 4) is 0 Å². The first-order valence-electron chi connectivity index (χ1n) is 13.4. The van der Waals surface area contributed by atoms with Gasteiger partial charge in [0.2, 0.25) is 0 Å². The van der Waals surface area contributed by atoms with Gasteiger partial charge in [0, 0.05) is 15.1 Å². The monoisotopic (exact) mass is 933 g/mol. The normalized spacial score (nSPS) is 10.9. The Morgan fingerprint density at radius 2 is 1.21 bits per heavy atom. The van der Waals surface area contributed by atoms with E-state index in [1.54, 1.807) is 6.92 Å². The summed E-state index contributed by atoms with van der Waals surface area (Å²) in [5.74, 6) is 3.70. The Morgan fingerprint density at radius 3 is 1.62 bits per heavy atom. The summed E-state index contributed by atoms with van der Waals surface area (Å²) in [5.41, 5.74) is 18.3. The number of thioether (sulfide) groups is 1. The number of nitrogens with zero attached hydrogens (tertiary/aromatic N) is 10. The van der Waals surface area contributed by atoms with Crippen LogP contribution in [0.1, 0.15) is 30.4 Å². The van der Waals surface area contributed by atoms with E-state index in [4.69, 9.17) is 27.8 Å². The number of carbonyl (C=O) groups is 1. The molecule has 0 radical (unpaired) electrons. The summed E-state index contributed by atoms with van der Waals surface area (Å²) in [4.78, 5) is 20.0. The third kappa shape index (κ3) is 27.5. The van der Waals surface area contributed by atoms with Crippen molar-refractivity contribution in [2.45, 2.75) is 41.7 Å². The van der Waals surface area contributed by atoms with E-state index in [2.05, 4.69) is 90.7 Å². The fraction of sp³-hybridized carbons (Fsp3) is 0.333. The molecule has 0 saturated carbocycles. The number of hydrogen-bond acceptors (Lipinski definition) is 13. The van der Waals surface area contributed by atoms with Crippen molar-refractivity contribution < 1.29 is 113 Å². The van der Waals surface area contributed by atoms with Crippen molar-refractivity contribution in [2.75, 3.05) is 36.7 Å². The molecule has 0 saturated heterocycles. The Labute approximate surface area is 373 Å². The number of halogens is 10. The van der Waals surface area contributed by atoms with Gasteiger partial charge in [-0.2, -0.15) is 45.0 Å². The summed E-state index contributed by atoms with van der Waals surface area (Å²) in [5, 5.41) is 28.3. The molecule has 0 bridgehead atoms. The second-order valence-corrected chi connectivity index (χ2v) is 10.8. The molecule has 0 atom stereocenters. The minimum absolute atomic E-state index is 0. The number of ether oxygens (including phenoxy) is 1. The van der Waals surface area contributed by atoms with Gasteiger partial charge in [0.05, 0.1) is 13.5 Å². The second kappa shape index (κ2) is 31.0. The number of anilines is 3. The number of hydrogen-bond donors (Lipinski definition) is 5. The number of nitrogens with one attached hydrogen (secondary N) is 1. The maximum Gasteiger partial charge on any atom is 1.00 e. The number of pyridine rings is 3. The topological polar surface area (TPSA) is 302 Å². The fourth-order valence-corrected chi connectivity index (χ4v) is 4.17. The van der Waals surface area contributed by atoms with Crippen LogP contribution in [0.2, 0.25) is 0 Å². The van der Waals surface area contributed by atoms with Crippen molar-refractivity contribution in [3.05, 3.63) is 58.0 Å². The van der Waals surface area contributed by atoms with Crippen LogP contribution in [0.15, 0.2) is 87.2 Å². The van der Waals surface area contributed by atoms with Gasteiger partial charge >= 0.3 is 83.6 Å². The first kappa shape index (κ1) is 59.6. The average Bonchev–Trinajstić information content (AvgIpc) is 3.07. The van der Waals surface area contributed by atoms with Gasteiger partial charge in [0.1, 0.15) is 23.1 Å². The number of nitrogen functional groups attached to an aromatic ring is 3. The fourth-order valence-electron chi connectivity index (χ4n) is 2.54. The van der Waals surface area contributed by atoms with Crippen LogP contribution in [0.25, 0.3) is 0 Å². The van der Waals surface area contributed by atoms with E-state index in [0.29, 0.717) is 0 Å². The molecule has 3 heterocycles. The molecule has 0 fully saturated rings. The van der Waals surface area contributed by atoms with Gasteiger partial charge in [-0.05, 0) is 77.6 Å². The number of carbonyl (C=O) groups excluding carboxylic acids is 1. The maximum atomic E-state index is 12.7. The Hall–Kier alpha value is -3.10. The van der Waals surface area contributed by atoms with Gasteiger partial charge in [-0.25, -0.2) is 15.0 Å². The van der Waals surface area contributed by atoms with Gasteiger partial charge in [0.25, 0.3) is 0 Å². The zero-order valence-electron chi connectivity index (χ0n) is 29.2. The molecule has 0 spiro atoms. The first-order valence-corrected chi connectivity index (χ1v) is 15.6. The molecule has 32 heteroatoms. The Balaban J connectivity index is -0.000000319. The number of aromatic nitrogens is 3. The Bertz CT molecular complexity index is 1640. The van der Waals surface area contributed by atoms with Crippen molar-refractivity contribution in [2.24, 2.45) is 42.4 Å². The molecule has 0 aliphatic heterocycles. The van der Waals surface area contributed by atoms with E-state index in [1.165, 1.54) is 37.4 Å². The standard InChI is InChI=1S/C10H11F3N2O2S.C6H4BrF3N2.C6H5F3N2S.C2H5O.H3N9.2Na/c1-17-8(16)4-5-18-6-2-3-7(14)15-9(6)10(11,12)13;7-3-1-2-4(11)12-5(3)6(8,9)10;7-6(8,9)5-3(12)1-2-4(10)11-5;1-2-3;1-3-5-7-9-8-6-4-2;;/h2-3H,4-5H2,1H3,(H2,14,15);1-2H,(H2,11,12);1-2,12H,(H2,10,11);2H2,1H3;(H3,1,2,5,6,9);;/q;;;-1;;2*+1/p-1. The quantitative estimate of drug-likeness (QED) is 0.0320. The van der Waals surface area contributed by atoms with E-state index in [9.17, 15) is 44.3 Å². The molecular weight excluding hydrogens is 907 g/mol. The van der Waals surface area contributed by atoms with Crippen LogP contribution in [-0.4, -0.2) is 40.4 Å². The van der Waals surface area contributed by atoms with Gasteiger partial charge in [-0.1, -0.05) is 18.2 Å². The summed E-state index contributed by atoms with van der Waals surface area (Å²) in [7, 11) is 1.22. The SMILES string of the molecule is CC[O-].COC(=O)CCSc1ccc(N)nc1C(F)(F)F.N=N/N=N/N=N/N=N/N.Nc1ccc(Br)c(C(F)(F)F)n1.Nc1ccc([S-])c(C(F)(F)F)n1.[Na+].[Na+]. The smallest absolute Gasteiger partial charge is 0.855 e. The van der Waals surface area contributed by atoms with Gasteiger partial charge in [-0.3, -0.25) is 4.79 Å². The summed E-state index contributed by atoms with van der Waals surface area (Å²) in [6, 6.07) is 7.38. The van der Waals surface area contributed by atoms with Crippen molar-refractivity contribution in [3.63, 3.8) is 0 Å². The van der Waals surface area contributed by atoms with Crippen LogP contribution >= 0.6 is 27.7 Å². The van der Waals surface area contributed by atoms with Crippen molar-refractivity contribution >= 4 is 63.7 Å². The molecule has 0 aliphatic rings. The second-order valence-electron chi connectivity index (χ2n) is 8.35. The van der Waals surface area contributed by atoms with Crippen LogP contribution in [0.5, 0.6) is 0 Å². The zero-order valence-corrected chi connectivity index (χ0v) is 36.4. The zero-order chi connectivity index (χ0) is 42.1. The first-order chi connectivity index (χ1) is 25.0. The summed E-state index contributed by atoms with van der Waals surface area (Å²) in [6.07, 6.45) is -13.5. The third-order valence-electron chi connectivity index (χ3n) is 4.48. The van der Waals surface area contributed by atoms with Crippen LogP contribution in [0.3, 0.4) is 0 Å². The maximum absolute atomic E-state index is 12.7. The number of methoxy groups -OCH3 is 1. The Kier molecular flexibility index (Phi) is 32.9. The summed E-state index contributed by atoms with van der Waals surface area (Å²) < 4.78 is 115. The number of alkyl halides is 9. The summed E-state index contributed by atoms with van der Waals surface area (Å²) in [6.45, 7) is 1.57. The van der Waals surface area contributed by atoms with E-state index >= 15 is 0 Å². The molecule has 18 nitrogen and oxygen atoms in total. The number of nitrogens with two attached hydrogens (primary N) is 4. The van der Waals surface area contributed by atoms with Gasteiger partial charge in [0.15, 0.2) is 11.4 Å². The van der Waals surface area contributed by atoms with E-state index in [1.807, 2.05) is 0 Å². The van der Waals surface area contributed by atoms with Crippen LogP contribution in [0.4, 0.5) is 57.0 Å². The number of esters is 1. The predicted octanol–water partition coefficient (Wildman–Crippen LogP) is 0.739. The van der Waals surface area contributed by atoms with E-state index in [0.717, 1.165) is 17.8 Å². The van der Waals surface area contributed by atoms with E-state index < -0.39 is 41.6 Å². The molecule has 0 unspecified atom stereocenters. The van der Waals surface area contributed by atoms with Crippen LogP contribution < -0.4 is 87.3 Å². The molecule has 0 aromatic carbocycles. The predicted molar refractivity (Wildman–Crippen MR) is 176 cm³/mol. The minimum atomic E-state index is -4.57. The van der Waals surface area contributed by atoms with Gasteiger partial charge in [-0.15, -0.1) is 23.3 Å². The van der Waals surface area contributed by atoms with Gasteiger partial charge < -0.3 is 45.5 Å². The number of rotatable bonds is 7. The molecule has 3 rings (SSSR count). The largest absolute Gasteiger partial charge is 1.00 e. The third-order valence-corrected chi connectivity index (χ3v) is 6.50. The molecular formula is C24H27BrF9N15Na2O3S2.